The van der Waals surface area contributed by atoms with E-state index >= 15 is 0 Å². The van der Waals surface area contributed by atoms with Gasteiger partial charge in [-0.3, -0.25) is 4.79 Å². The fourth-order valence-corrected chi connectivity index (χ4v) is 4.93. The zero-order valence-corrected chi connectivity index (χ0v) is 19.8. The van der Waals surface area contributed by atoms with Gasteiger partial charge in [0.1, 0.15) is 0 Å². The lowest BCUT2D eigenvalue weighted by Crippen LogP contribution is -2.36. The molecule has 0 unspecified atom stereocenters. The van der Waals surface area contributed by atoms with Crippen LogP contribution < -0.4 is 5.32 Å². The van der Waals surface area contributed by atoms with Gasteiger partial charge in [-0.1, -0.05) is 55.7 Å². The van der Waals surface area contributed by atoms with Crippen LogP contribution in [0.3, 0.4) is 0 Å². The highest BCUT2D eigenvalue weighted by Crippen LogP contribution is 2.21. The Labute approximate surface area is 187 Å². The molecule has 2 aromatic rings. The molecule has 0 spiro atoms. The predicted molar refractivity (Wildman–Crippen MR) is 127 cm³/mol. The van der Waals surface area contributed by atoms with Crippen molar-refractivity contribution in [2.24, 2.45) is 0 Å². The average molecular weight is 442 g/mol. The van der Waals surface area contributed by atoms with E-state index in [1.54, 1.807) is 20.8 Å². The first kappa shape index (κ1) is 23.5. The highest BCUT2D eigenvalue weighted by molar-refractivity contribution is 7.91. The summed E-state index contributed by atoms with van der Waals surface area (Å²) < 4.78 is 24.0. The molecule has 1 fully saturated rings. The van der Waals surface area contributed by atoms with Crippen LogP contribution in [0, 0.1) is 0 Å². The molecule has 0 saturated heterocycles. The Morgan fingerprint density at radius 3 is 1.84 bits per heavy atom. The first-order chi connectivity index (χ1) is 14.6. The molecule has 2 aromatic carbocycles. The normalized spacial score (nSPS) is 15.6. The molecule has 31 heavy (non-hydrogen) atoms. The minimum atomic E-state index is -3.17. The fraction of sp³-hybridized carbons (Fsp3) is 0.500. The number of hydrogen-bond donors (Lipinski definition) is 1. The third kappa shape index (κ3) is 6.67. The van der Waals surface area contributed by atoms with Crippen LogP contribution in [0.15, 0.2) is 48.5 Å². The molecule has 0 aliphatic heterocycles. The highest BCUT2D eigenvalue weighted by atomic mass is 32.2. The van der Waals surface area contributed by atoms with Crippen molar-refractivity contribution in [1.29, 1.82) is 0 Å². The molecule has 5 heteroatoms. The number of carbonyl (C=O) groups is 1. The molecule has 1 N–H and O–H groups in total. The minimum absolute atomic E-state index is 0.0271. The van der Waals surface area contributed by atoms with E-state index in [-0.39, 0.29) is 11.7 Å². The van der Waals surface area contributed by atoms with Crippen LogP contribution in [0.1, 0.15) is 79.9 Å². The maximum Gasteiger partial charge on any atom is 0.251 e. The molecule has 0 radical (unpaired) electrons. The van der Waals surface area contributed by atoms with Gasteiger partial charge in [-0.2, -0.15) is 0 Å². The minimum Gasteiger partial charge on any atom is -0.349 e. The monoisotopic (exact) mass is 441 g/mol. The Morgan fingerprint density at radius 1 is 0.839 bits per heavy atom. The van der Waals surface area contributed by atoms with Crippen molar-refractivity contribution in [1.82, 2.24) is 5.32 Å². The second-order valence-corrected chi connectivity index (χ2v) is 12.4. The largest absolute Gasteiger partial charge is 0.349 e. The van der Waals surface area contributed by atoms with E-state index in [1.165, 1.54) is 30.4 Å². The average Bonchev–Trinajstić information content (AvgIpc) is 2.73. The van der Waals surface area contributed by atoms with Gasteiger partial charge in [-0.05, 0) is 75.3 Å². The smallest absolute Gasteiger partial charge is 0.251 e. The number of rotatable bonds is 7. The van der Waals surface area contributed by atoms with Crippen molar-refractivity contribution in [2.45, 2.75) is 82.3 Å². The van der Waals surface area contributed by atoms with Gasteiger partial charge in [0.15, 0.2) is 9.84 Å². The number of aryl methyl sites for hydroxylation is 2. The van der Waals surface area contributed by atoms with Crippen molar-refractivity contribution in [3.8, 4) is 0 Å². The van der Waals surface area contributed by atoms with Crippen LogP contribution in [0.5, 0.6) is 0 Å². The summed E-state index contributed by atoms with van der Waals surface area (Å²) in [6.07, 6.45) is 7.62. The van der Waals surface area contributed by atoms with E-state index in [0.29, 0.717) is 6.04 Å². The lowest BCUT2D eigenvalue weighted by atomic mass is 9.95. The van der Waals surface area contributed by atoms with Crippen LogP contribution in [-0.4, -0.2) is 25.1 Å². The Bertz CT molecular complexity index is 965. The third-order valence-corrected chi connectivity index (χ3v) is 8.75. The summed E-state index contributed by atoms with van der Waals surface area (Å²) in [4.78, 5) is 12.4. The second kappa shape index (κ2) is 9.99. The lowest BCUT2D eigenvalue weighted by molar-refractivity contribution is 0.0927. The van der Waals surface area contributed by atoms with Crippen molar-refractivity contribution in [2.75, 3.05) is 0 Å². The highest BCUT2D eigenvalue weighted by Gasteiger charge is 2.28. The van der Waals surface area contributed by atoms with Gasteiger partial charge in [0, 0.05) is 11.6 Å². The van der Waals surface area contributed by atoms with Crippen LogP contribution >= 0.6 is 0 Å². The first-order valence-electron chi connectivity index (χ1n) is 11.3. The topological polar surface area (TPSA) is 63.2 Å². The SMILES string of the molecule is CC(C)(C)S(=O)(=O)Cc1ccc(CCc2ccc(C(=O)NC3CCCCC3)cc2)cc1. The van der Waals surface area contributed by atoms with Gasteiger partial charge < -0.3 is 5.32 Å². The number of sulfone groups is 1. The summed E-state index contributed by atoms with van der Waals surface area (Å²) in [6.45, 7) is 5.21. The summed E-state index contributed by atoms with van der Waals surface area (Å²) in [5, 5.41) is 3.16. The van der Waals surface area contributed by atoms with Crippen molar-refractivity contribution < 1.29 is 13.2 Å². The fourth-order valence-electron chi connectivity index (χ4n) is 3.87. The Balaban J connectivity index is 1.51. The summed E-state index contributed by atoms with van der Waals surface area (Å²) in [7, 11) is -3.17. The van der Waals surface area contributed by atoms with E-state index < -0.39 is 14.6 Å². The molecule has 0 bridgehead atoms. The van der Waals surface area contributed by atoms with Crippen LogP contribution in [-0.2, 0) is 28.4 Å². The molecule has 1 aliphatic carbocycles. The van der Waals surface area contributed by atoms with Gasteiger partial charge >= 0.3 is 0 Å². The van der Waals surface area contributed by atoms with Crippen LogP contribution in [0.25, 0.3) is 0 Å². The molecule has 1 amide bonds. The number of nitrogens with one attached hydrogen (secondary N) is 1. The third-order valence-electron chi connectivity index (χ3n) is 6.17. The summed E-state index contributed by atoms with van der Waals surface area (Å²) >= 11 is 0. The van der Waals surface area contributed by atoms with E-state index in [4.69, 9.17) is 0 Å². The number of benzene rings is 2. The van der Waals surface area contributed by atoms with Crippen LogP contribution in [0.2, 0.25) is 0 Å². The van der Waals surface area contributed by atoms with Gasteiger partial charge in [0.05, 0.1) is 10.5 Å². The zero-order valence-electron chi connectivity index (χ0n) is 19.0. The molecule has 1 aliphatic rings. The van der Waals surface area contributed by atoms with Gasteiger partial charge in [-0.25, -0.2) is 8.42 Å². The lowest BCUT2D eigenvalue weighted by Gasteiger charge is -2.22. The zero-order chi connectivity index (χ0) is 22.5. The first-order valence-corrected chi connectivity index (χ1v) is 13.0. The van der Waals surface area contributed by atoms with E-state index in [2.05, 4.69) is 5.32 Å². The molecule has 168 valence electrons. The number of amides is 1. The Kier molecular flexibility index (Phi) is 7.58. The number of carbonyl (C=O) groups excluding carboxylic acids is 1. The van der Waals surface area contributed by atoms with Gasteiger partial charge in [-0.15, -0.1) is 0 Å². The standard InChI is InChI=1S/C26H35NO3S/c1-26(2,3)31(29,30)19-22-13-11-20(12-14-22)9-10-21-15-17-23(18-16-21)25(28)27-24-7-5-4-6-8-24/h11-18,24H,4-10,19H2,1-3H3,(H,27,28). The van der Waals surface area contributed by atoms with E-state index in [1.807, 2.05) is 48.5 Å². The summed E-state index contributed by atoms with van der Waals surface area (Å²) in [5.74, 6) is 0.0977. The van der Waals surface area contributed by atoms with Crippen molar-refractivity contribution in [3.05, 3.63) is 70.8 Å². The maximum absolute atomic E-state index is 12.4. The predicted octanol–water partition coefficient (Wildman–Crippen LogP) is 5.25. The van der Waals surface area contributed by atoms with E-state index in [9.17, 15) is 13.2 Å². The molecular formula is C26H35NO3S. The van der Waals surface area contributed by atoms with Crippen molar-refractivity contribution in [3.63, 3.8) is 0 Å². The molecule has 4 nitrogen and oxygen atoms in total. The summed E-state index contributed by atoms with van der Waals surface area (Å²) in [5.41, 5.74) is 3.91. The van der Waals surface area contributed by atoms with Crippen molar-refractivity contribution >= 4 is 15.7 Å². The molecule has 0 atom stereocenters. The molecule has 0 heterocycles. The maximum atomic E-state index is 12.4. The summed E-state index contributed by atoms with van der Waals surface area (Å²) in [6, 6.07) is 16.1. The van der Waals surface area contributed by atoms with Crippen LogP contribution in [0.4, 0.5) is 0 Å². The second-order valence-electron chi connectivity index (χ2n) is 9.69. The Morgan fingerprint density at radius 2 is 1.32 bits per heavy atom. The molecule has 0 aromatic heterocycles. The molecular weight excluding hydrogens is 406 g/mol. The Hall–Kier alpha value is -2.14. The quantitative estimate of drug-likeness (QED) is 0.638. The van der Waals surface area contributed by atoms with Gasteiger partial charge in [0.25, 0.3) is 5.91 Å². The molecule has 3 rings (SSSR count). The van der Waals surface area contributed by atoms with Gasteiger partial charge in [0.2, 0.25) is 0 Å². The molecule has 1 saturated carbocycles. The number of hydrogen-bond acceptors (Lipinski definition) is 3. The van der Waals surface area contributed by atoms with E-state index in [0.717, 1.165) is 36.8 Å².